The number of hydrogen-bond donors (Lipinski definition) is 1. The minimum atomic E-state index is 0.653. The fraction of sp³-hybridized carbons (Fsp3) is 1.00. The standard InChI is InChI=1S/C14H27N/c1-4-5-6-14(10-15-11(2)3)8-12-7-13(12)9-14/h11-13,15H,4-10H2,1-3H3. The van der Waals surface area contributed by atoms with Crippen LogP contribution in [0.25, 0.3) is 0 Å². The average Bonchev–Trinajstić information content (AvgIpc) is 2.82. The first kappa shape index (κ1) is 11.4. The van der Waals surface area contributed by atoms with Crippen LogP contribution in [-0.4, -0.2) is 12.6 Å². The van der Waals surface area contributed by atoms with Crippen LogP contribution in [0.3, 0.4) is 0 Å². The second kappa shape index (κ2) is 4.45. The first-order valence-corrected chi connectivity index (χ1v) is 6.88. The van der Waals surface area contributed by atoms with Gasteiger partial charge in [0, 0.05) is 12.6 Å². The second-order valence-corrected chi connectivity index (χ2v) is 6.30. The Kier molecular flexibility index (Phi) is 3.39. The smallest absolute Gasteiger partial charge is 0.00106 e. The Hall–Kier alpha value is -0.0400. The van der Waals surface area contributed by atoms with Crippen LogP contribution in [0.1, 0.15) is 59.3 Å². The molecule has 0 aromatic heterocycles. The van der Waals surface area contributed by atoms with Crippen LogP contribution in [0, 0.1) is 17.3 Å². The van der Waals surface area contributed by atoms with Gasteiger partial charge in [-0.1, -0.05) is 33.6 Å². The number of unbranched alkanes of at least 4 members (excludes halogenated alkanes) is 1. The van der Waals surface area contributed by atoms with E-state index in [-0.39, 0.29) is 0 Å². The quantitative estimate of drug-likeness (QED) is 0.705. The fourth-order valence-electron chi connectivity index (χ4n) is 3.42. The van der Waals surface area contributed by atoms with E-state index in [0.717, 1.165) is 11.8 Å². The summed E-state index contributed by atoms with van der Waals surface area (Å²) in [4.78, 5) is 0. The molecule has 0 heterocycles. The van der Waals surface area contributed by atoms with Crippen molar-refractivity contribution in [1.82, 2.24) is 5.32 Å². The monoisotopic (exact) mass is 209 g/mol. The Labute approximate surface area is 95.0 Å². The summed E-state index contributed by atoms with van der Waals surface area (Å²) in [6.07, 6.45) is 8.86. The second-order valence-electron chi connectivity index (χ2n) is 6.30. The molecule has 2 rings (SSSR count). The van der Waals surface area contributed by atoms with Crippen molar-refractivity contribution in [2.45, 2.75) is 65.3 Å². The molecule has 2 fully saturated rings. The average molecular weight is 209 g/mol. The van der Waals surface area contributed by atoms with E-state index in [4.69, 9.17) is 0 Å². The minimum absolute atomic E-state index is 0.653. The van der Waals surface area contributed by atoms with Crippen LogP contribution in [0.2, 0.25) is 0 Å². The van der Waals surface area contributed by atoms with Crippen molar-refractivity contribution in [2.24, 2.45) is 17.3 Å². The maximum atomic E-state index is 3.68. The van der Waals surface area contributed by atoms with Crippen molar-refractivity contribution < 1.29 is 0 Å². The third kappa shape index (κ3) is 2.75. The van der Waals surface area contributed by atoms with Gasteiger partial charge in [-0.3, -0.25) is 0 Å². The van der Waals surface area contributed by atoms with Crippen molar-refractivity contribution in [3.8, 4) is 0 Å². The van der Waals surface area contributed by atoms with Crippen LogP contribution in [0.5, 0.6) is 0 Å². The molecule has 2 aliphatic carbocycles. The maximum absolute atomic E-state index is 3.68. The predicted octanol–water partition coefficient (Wildman–Crippen LogP) is 3.59. The lowest BCUT2D eigenvalue weighted by atomic mass is 9.78. The van der Waals surface area contributed by atoms with Gasteiger partial charge >= 0.3 is 0 Å². The Bertz CT molecular complexity index is 199. The molecule has 0 amide bonds. The fourth-order valence-corrected chi connectivity index (χ4v) is 3.42. The van der Waals surface area contributed by atoms with Gasteiger partial charge in [-0.05, 0) is 42.9 Å². The minimum Gasteiger partial charge on any atom is -0.314 e. The molecule has 0 aliphatic heterocycles. The van der Waals surface area contributed by atoms with Gasteiger partial charge in [0.2, 0.25) is 0 Å². The van der Waals surface area contributed by atoms with Gasteiger partial charge < -0.3 is 5.32 Å². The number of nitrogens with one attached hydrogen (secondary N) is 1. The Morgan fingerprint density at radius 1 is 1.27 bits per heavy atom. The van der Waals surface area contributed by atoms with Gasteiger partial charge in [0.25, 0.3) is 0 Å². The zero-order valence-electron chi connectivity index (χ0n) is 10.7. The van der Waals surface area contributed by atoms with Crippen molar-refractivity contribution in [3.05, 3.63) is 0 Å². The summed E-state index contributed by atoms with van der Waals surface area (Å²) >= 11 is 0. The van der Waals surface area contributed by atoms with Gasteiger partial charge in [-0.15, -0.1) is 0 Å². The largest absolute Gasteiger partial charge is 0.314 e. The summed E-state index contributed by atoms with van der Waals surface area (Å²) in [5, 5.41) is 3.68. The van der Waals surface area contributed by atoms with Crippen LogP contribution < -0.4 is 5.32 Å². The Balaban J connectivity index is 1.84. The molecule has 2 atom stereocenters. The predicted molar refractivity (Wildman–Crippen MR) is 65.9 cm³/mol. The first-order chi connectivity index (χ1) is 7.15. The molecule has 0 bridgehead atoms. The zero-order valence-corrected chi connectivity index (χ0v) is 10.7. The van der Waals surface area contributed by atoms with E-state index >= 15 is 0 Å². The van der Waals surface area contributed by atoms with E-state index in [1.54, 1.807) is 6.42 Å². The molecule has 0 radical (unpaired) electrons. The van der Waals surface area contributed by atoms with E-state index in [9.17, 15) is 0 Å². The van der Waals surface area contributed by atoms with Crippen LogP contribution in [0.15, 0.2) is 0 Å². The van der Waals surface area contributed by atoms with Gasteiger partial charge in [-0.25, -0.2) is 0 Å². The normalized spacial score (nSPS) is 38.4. The number of fused-ring (bicyclic) bond motifs is 1. The van der Waals surface area contributed by atoms with Crippen LogP contribution in [0.4, 0.5) is 0 Å². The van der Waals surface area contributed by atoms with E-state index in [1.807, 2.05) is 0 Å². The topological polar surface area (TPSA) is 12.0 Å². The first-order valence-electron chi connectivity index (χ1n) is 6.88. The highest BCUT2D eigenvalue weighted by molar-refractivity contribution is 5.04. The van der Waals surface area contributed by atoms with E-state index < -0.39 is 0 Å². The van der Waals surface area contributed by atoms with E-state index in [0.29, 0.717) is 11.5 Å². The maximum Gasteiger partial charge on any atom is 0.00106 e. The Morgan fingerprint density at radius 2 is 1.93 bits per heavy atom. The molecule has 2 saturated carbocycles. The van der Waals surface area contributed by atoms with E-state index in [1.165, 1.54) is 38.6 Å². The van der Waals surface area contributed by atoms with Gasteiger partial charge in [-0.2, -0.15) is 0 Å². The zero-order chi connectivity index (χ0) is 10.9. The van der Waals surface area contributed by atoms with Crippen molar-refractivity contribution in [2.75, 3.05) is 6.54 Å². The molecule has 0 aromatic rings. The number of rotatable bonds is 6. The van der Waals surface area contributed by atoms with Crippen molar-refractivity contribution >= 4 is 0 Å². The summed E-state index contributed by atoms with van der Waals surface area (Å²) in [6.45, 7) is 8.13. The van der Waals surface area contributed by atoms with Crippen LogP contribution >= 0.6 is 0 Å². The highest BCUT2D eigenvalue weighted by Crippen LogP contribution is 2.61. The third-order valence-electron chi connectivity index (χ3n) is 4.41. The summed E-state index contributed by atoms with van der Waals surface area (Å²) in [7, 11) is 0. The molecular formula is C14H27N. The lowest BCUT2D eigenvalue weighted by molar-refractivity contribution is 0.218. The molecule has 2 unspecified atom stereocenters. The molecule has 15 heavy (non-hydrogen) atoms. The van der Waals surface area contributed by atoms with Crippen molar-refractivity contribution in [1.29, 1.82) is 0 Å². The molecule has 1 nitrogen and oxygen atoms in total. The molecule has 0 aromatic carbocycles. The summed E-state index contributed by atoms with van der Waals surface area (Å²) in [5.41, 5.74) is 0.688. The van der Waals surface area contributed by atoms with E-state index in [2.05, 4.69) is 26.1 Å². The SMILES string of the molecule is CCCCC1(CNC(C)C)CC2CC2C1. The van der Waals surface area contributed by atoms with Crippen molar-refractivity contribution in [3.63, 3.8) is 0 Å². The molecule has 1 heteroatoms. The molecule has 0 spiro atoms. The van der Waals surface area contributed by atoms with Gasteiger partial charge in [0.05, 0.1) is 0 Å². The summed E-state index contributed by atoms with van der Waals surface area (Å²) in [6, 6.07) is 0.653. The Morgan fingerprint density at radius 3 is 2.47 bits per heavy atom. The summed E-state index contributed by atoms with van der Waals surface area (Å²) in [5.74, 6) is 2.24. The molecule has 1 N–H and O–H groups in total. The molecule has 0 saturated heterocycles. The van der Waals surface area contributed by atoms with Gasteiger partial charge in [0.1, 0.15) is 0 Å². The highest BCUT2D eigenvalue weighted by Gasteiger charge is 2.52. The summed E-state index contributed by atoms with van der Waals surface area (Å²) < 4.78 is 0. The molecular weight excluding hydrogens is 182 g/mol. The third-order valence-corrected chi connectivity index (χ3v) is 4.41. The lowest BCUT2D eigenvalue weighted by Crippen LogP contribution is -2.36. The number of hydrogen-bond acceptors (Lipinski definition) is 1. The molecule has 88 valence electrons. The molecule has 2 aliphatic rings. The van der Waals surface area contributed by atoms with Gasteiger partial charge in [0.15, 0.2) is 0 Å². The van der Waals surface area contributed by atoms with Crippen LogP contribution in [-0.2, 0) is 0 Å². The lowest BCUT2D eigenvalue weighted by Gasteiger charge is -2.32. The highest BCUT2D eigenvalue weighted by atomic mass is 14.9.